The van der Waals surface area contributed by atoms with Crippen molar-refractivity contribution in [3.63, 3.8) is 0 Å². The lowest BCUT2D eigenvalue weighted by Crippen LogP contribution is -2.07. The number of carbonyl (C=O) groups is 1. The van der Waals surface area contributed by atoms with Crippen molar-refractivity contribution < 1.29 is 22.7 Å². The minimum absolute atomic E-state index is 0.0204. The summed E-state index contributed by atoms with van der Waals surface area (Å²) >= 11 is 0. The molecule has 0 atom stereocenters. The number of para-hydroxylation sites is 1. The number of hydrogen-bond donors (Lipinski definition) is 0. The van der Waals surface area contributed by atoms with E-state index >= 15 is 0 Å². The Morgan fingerprint density at radius 1 is 1.25 bits per heavy atom. The number of esters is 1. The van der Waals surface area contributed by atoms with Crippen LogP contribution in [0.2, 0.25) is 0 Å². The largest absolute Gasteiger partial charge is 0.453 e. The van der Waals surface area contributed by atoms with Crippen molar-refractivity contribution in [2.24, 2.45) is 0 Å². The number of hydrogen-bond acceptors (Lipinski definition) is 5. The second kappa shape index (κ2) is 6.23. The van der Waals surface area contributed by atoms with Crippen molar-refractivity contribution in [1.82, 2.24) is 14.8 Å². The molecule has 24 heavy (non-hydrogen) atoms. The maximum absolute atomic E-state index is 13.7. The summed E-state index contributed by atoms with van der Waals surface area (Å²) in [5.41, 5.74) is 0.466. The molecule has 0 spiro atoms. The Labute approximate surface area is 135 Å². The molecule has 0 aliphatic rings. The molecule has 0 amide bonds. The second-order valence-electron chi connectivity index (χ2n) is 5.05. The molecule has 3 aromatic rings. The zero-order valence-electron chi connectivity index (χ0n) is 12.9. The number of aryl methyl sites for hydroxylation is 2. The van der Waals surface area contributed by atoms with Crippen LogP contribution in [0, 0.1) is 25.5 Å². The second-order valence-corrected chi connectivity index (χ2v) is 5.05. The normalized spacial score (nSPS) is 10.8. The first kappa shape index (κ1) is 15.9. The van der Waals surface area contributed by atoms with Crippen LogP contribution in [0.4, 0.5) is 8.78 Å². The molecule has 0 radical (unpaired) electrons. The third kappa shape index (κ3) is 3.03. The van der Waals surface area contributed by atoms with Gasteiger partial charge in [-0.2, -0.15) is 5.10 Å². The molecule has 0 N–H and O–H groups in total. The number of oxazole rings is 1. The van der Waals surface area contributed by atoms with E-state index in [2.05, 4.69) is 10.1 Å². The molecular weight excluding hydrogens is 320 g/mol. The Morgan fingerprint density at radius 3 is 2.58 bits per heavy atom. The predicted molar refractivity (Wildman–Crippen MR) is 78.6 cm³/mol. The van der Waals surface area contributed by atoms with Crippen LogP contribution in [0.3, 0.4) is 0 Å². The van der Waals surface area contributed by atoms with E-state index in [0.29, 0.717) is 17.3 Å². The van der Waals surface area contributed by atoms with Crippen molar-refractivity contribution in [1.29, 1.82) is 0 Å². The highest BCUT2D eigenvalue weighted by Crippen LogP contribution is 2.17. The summed E-state index contributed by atoms with van der Waals surface area (Å²) in [5.74, 6) is -1.78. The van der Waals surface area contributed by atoms with Crippen LogP contribution < -0.4 is 0 Å². The quantitative estimate of drug-likeness (QED) is 0.686. The van der Waals surface area contributed by atoms with Crippen molar-refractivity contribution in [2.75, 3.05) is 0 Å². The Balaban J connectivity index is 1.73. The minimum Gasteiger partial charge on any atom is -0.453 e. The Hall–Kier alpha value is -3.03. The van der Waals surface area contributed by atoms with Crippen molar-refractivity contribution in [3.8, 4) is 5.69 Å². The number of aromatic nitrogens is 3. The molecule has 0 fully saturated rings. The Morgan fingerprint density at radius 2 is 1.96 bits per heavy atom. The van der Waals surface area contributed by atoms with Gasteiger partial charge in [0.05, 0.1) is 5.69 Å². The van der Waals surface area contributed by atoms with Gasteiger partial charge in [-0.1, -0.05) is 6.07 Å². The van der Waals surface area contributed by atoms with Crippen LogP contribution in [0.25, 0.3) is 5.69 Å². The average Bonchev–Trinajstić information content (AvgIpc) is 3.11. The lowest BCUT2D eigenvalue weighted by molar-refractivity contribution is 0.0428. The van der Waals surface area contributed by atoms with Gasteiger partial charge < -0.3 is 9.15 Å². The van der Waals surface area contributed by atoms with Gasteiger partial charge in [-0.05, 0) is 25.1 Å². The third-order valence-corrected chi connectivity index (χ3v) is 3.25. The van der Waals surface area contributed by atoms with Gasteiger partial charge in [0.15, 0.2) is 17.5 Å². The van der Waals surface area contributed by atoms with E-state index in [1.807, 2.05) is 0 Å². The van der Waals surface area contributed by atoms with Crippen molar-refractivity contribution >= 4 is 5.97 Å². The summed E-state index contributed by atoms with van der Waals surface area (Å²) in [6.07, 6.45) is 1.38. The zero-order chi connectivity index (χ0) is 17.3. The van der Waals surface area contributed by atoms with E-state index in [4.69, 9.17) is 9.15 Å². The molecule has 8 heteroatoms. The smallest absolute Gasteiger partial charge is 0.376 e. The van der Waals surface area contributed by atoms with Crippen molar-refractivity contribution in [2.45, 2.75) is 20.5 Å². The van der Waals surface area contributed by atoms with E-state index < -0.39 is 17.6 Å². The number of benzene rings is 1. The molecule has 2 heterocycles. The molecule has 0 aliphatic carbocycles. The summed E-state index contributed by atoms with van der Waals surface area (Å²) in [4.78, 5) is 15.9. The van der Waals surface area contributed by atoms with E-state index in [1.165, 1.54) is 18.3 Å². The number of carbonyl (C=O) groups excluding carboxylic acids is 1. The van der Waals surface area contributed by atoms with Gasteiger partial charge in [0.2, 0.25) is 5.76 Å². The van der Waals surface area contributed by atoms with Gasteiger partial charge in [-0.3, -0.25) is 0 Å². The molecule has 6 nitrogen and oxygen atoms in total. The van der Waals surface area contributed by atoms with Gasteiger partial charge in [0, 0.05) is 13.1 Å². The van der Waals surface area contributed by atoms with Gasteiger partial charge in [-0.15, -0.1) is 0 Å². The maximum atomic E-state index is 13.7. The summed E-state index contributed by atoms with van der Waals surface area (Å²) in [6, 6.07) is 5.03. The van der Waals surface area contributed by atoms with Crippen LogP contribution in [-0.4, -0.2) is 20.7 Å². The summed E-state index contributed by atoms with van der Waals surface area (Å²) in [5, 5.41) is 4.01. The Kier molecular flexibility index (Phi) is 4.11. The first-order valence-electron chi connectivity index (χ1n) is 7.06. The topological polar surface area (TPSA) is 70.2 Å². The van der Waals surface area contributed by atoms with Crippen LogP contribution in [0.5, 0.6) is 0 Å². The summed E-state index contributed by atoms with van der Waals surface area (Å²) in [7, 11) is 0. The van der Waals surface area contributed by atoms with Crippen LogP contribution in [0.15, 0.2) is 34.9 Å². The number of ether oxygens (including phenoxy) is 1. The first-order chi connectivity index (χ1) is 11.5. The van der Waals surface area contributed by atoms with Gasteiger partial charge >= 0.3 is 5.97 Å². The zero-order valence-corrected chi connectivity index (χ0v) is 12.9. The van der Waals surface area contributed by atoms with E-state index in [0.717, 1.165) is 16.8 Å². The lowest BCUT2D eigenvalue weighted by Gasteiger charge is -2.04. The molecule has 0 saturated heterocycles. The Bertz CT molecular complexity index is 882. The standard InChI is InChI=1S/C16H13F2N3O3/c1-9-15(24-10(2)19-9)16(22)23-8-11-6-7-21(20-11)14-12(17)4-3-5-13(14)18/h3-7H,8H2,1-2H3. The monoisotopic (exact) mass is 333 g/mol. The molecule has 0 bridgehead atoms. The fourth-order valence-corrected chi connectivity index (χ4v) is 2.20. The molecule has 3 rings (SSSR count). The average molecular weight is 333 g/mol. The molecule has 0 aliphatic heterocycles. The molecule has 0 unspecified atom stereocenters. The highest BCUT2D eigenvalue weighted by molar-refractivity contribution is 5.87. The number of nitrogens with zero attached hydrogens (tertiary/aromatic N) is 3. The maximum Gasteiger partial charge on any atom is 0.376 e. The lowest BCUT2D eigenvalue weighted by atomic mass is 10.3. The van der Waals surface area contributed by atoms with Crippen LogP contribution in [0.1, 0.15) is 27.8 Å². The molecule has 124 valence electrons. The SMILES string of the molecule is Cc1nc(C)c(C(=O)OCc2ccn(-c3c(F)cccc3F)n2)o1. The molecule has 0 saturated carbocycles. The molecule has 1 aromatic carbocycles. The van der Waals surface area contributed by atoms with Crippen LogP contribution in [-0.2, 0) is 11.3 Å². The van der Waals surface area contributed by atoms with E-state index in [9.17, 15) is 13.6 Å². The summed E-state index contributed by atoms with van der Waals surface area (Å²) < 4.78 is 38.7. The van der Waals surface area contributed by atoms with Gasteiger partial charge in [-0.25, -0.2) is 23.2 Å². The third-order valence-electron chi connectivity index (χ3n) is 3.25. The number of halogens is 2. The highest BCUT2D eigenvalue weighted by Gasteiger charge is 2.18. The van der Waals surface area contributed by atoms with Gasteiger partial charge in [0.1, 0.15) is 18.0 Å². The van der Waals surface area contributed by atoms with Crippen molar-refractivity contribution in [3.05, 3.63) is 65.1 Å². The molecule has 2 aromatic heterocycles. The summed E-state index contributed by atoms with van der Waals surface area (Å²) in [6.45, 7) is 3.08. The van der Waals surface area contributed by atoms with Gasteiger partial charge in [0.25, 0.3) is 0 Å². The highest BCUT2D eigenvalue weighted by atomic mass is 19.1. The fourth-order valence-electron chi connectivity index (χ4n) is 2.20. The molecular formula is C16H13F2N3O3. The predicted octanol–water partition coefficient (Wildman–Crippen LogP) is 3.11. The van der Waals surface area contributed by atoms with Crippen LogP contribution >= 0.6 is 0 Å². The number of rotatable bonds is 4. The first-order valence-corrected chi connectivity index (χ1v) is 7.06. The fraction of sp³-hybridized carbons (Fsp3) is 0.188. The minimum atomic E-state index is -0.741. The van der Waals surface area contributed by atoms with E-state index in [1.54, 1.807) is 13.8 Å². The van der Waals surface area contributed by atoms with E-state index in [-0.39, 0.29) is 18.1 Å².